The van der Waals surface area contributed by atoms with Gasteiger partial charge >= 0.3 is 6.03 Å². The van der Waals surface area contributed by atoms with Crippen LogP contribution in [0.25, 0.3) is 0 Å². The number of carbonyl (C=O) groups is 4. The van der Waals surface area contributed by atoms with Crippen LogP contribution in [0.2, 0.25) is 0 Å². The van der Waals surface area contributed by atoms with Gasteiger partial charge in [0, 0.05) is 31.7 Å². The van der Waals surface area contributed by atoms with Crippen LogP contribution in [0.4, 0.5) is 4.79 Å². The van der Waals surface area contributed by atoms with E-state index in [0.29, 0.717) is 50.5 Å². The summed E-state index contributed by atoms with van der Waals surface area (Å²) in [6, 6.07) is 8.56. The topological polar surface area (TPSA) is 102 Å². The highest BCUT2D eigenvalue weighted by Gasteiger charge is 2.52. The standard InChI is InChI=1S/C22H29N5O4/c1-16-7-9-22(10-8-16)20(30)27(21(31)23-22)24-18(28)15-25-11-13-26(14-12-25)19(29)17-5-3-2-4-6-17/h2-6,16H,7-15H2,1H3,(H,23,31)(H,24,28). The van der Waals surface area contributed by atoms with Gasteiger partial charge in [-0.15, -0.1) is 0 Å². The summed E-state index contributed by atoms with van der Waals surface area (Å²) in [4.78, 5) is 53.9. The molecule has 166 valence electrons. The number of piperazine rings is 1. The minimum absolute atomic E-state index is 0.0175. The van der Waals surface area contributed by atoms with Gasteiger partial charge in [-0.1, -0.05) is 25.1 Å². The molecule has 9 nitrogen and oxygen atoms in total. The first-order valence-corrected chi connectivity index (χ1v) is 10.9. The highest BCUT2D eigenvalue weighted by molar-refractivity contribution is 6.08. The molecule has 4 rings (SSSR count). The molecule has 0 bridgehead atoms. The molecule has 0 atom stereocenters. The number of amides is 5. The van der Waals surface area contributed by atoms with E-state index in [2.05, 4.69) is 17.7 Å². The van der Waals surface area contributed by atoms with Gasteiger partial charge < -0.3 is 10.2 Å². The number of nitrogens with one attached hydrogen (secondary N) is 2. The average molecular weight is 428 g/mol. The molecule has 2 saturated heterocycles. The lowest BCUT2D eigenvalue weighted by Gasteiger charge is -2.34. The van der Waals surface area contributed by atoms with Crippen LogP contribution in [0.1, 0.15) is 43.0 Å². The van der Waals surface area contributed by atoms with Crippen molar-refractivity contribution in [1.82, 2.24) is 25.6 Å². The summed E-state index contributed by atoms with van der Waals surface area (Å²) in [5.74, 6) is -0.258. The van der Waals surface area contributed by atoms with Crippen LogP contribution in [-0.2, 0) is 9.59 Å². The van der Waals surface area contributed by atoms with Crippen LogP contribution in [0.3, 0.4) is 0 Å². The monoisotopic (exact) mass is 427 g/mol. The number of carbonyl (C=O) groups excluding carboxylic acids is 4. The zero-order valence-corrected chi connectivity index (χ0v) is 17.8. The second-order valence-electron chi connectivity index (χ2n) is 8.80. The van der Waals surface area contributed by atoms with E-state index >= 15 is 0 Å². The number of rotatable bonds is 4. The van der Waals surface area contributed by atoms with Gasteiger partial charge in [0.2, 0.25) is 0 Å². The molecule has 5 amide bonds. The van der Waals surface area contributed by atoms with Gasteiger partial charge in [0.1, 0.15) is 5.54 Å². The molecule has 3 fully saturated rings. The van der Waals surface area contributed by atoms with Crippen LogP contribution in [-0.4, -0.2) is 76.8 Å². The van der Waals surface area contributed by atoms with E-state index < -0.39 is 17.5 Å². The molecule has 1 aromatic rings. The summed E-state index contributed by atoms with van der Waals surface area (Å²) in [5.41, 5.74) is 2.26. The van der Waals surface area contributed by atoms with E-state index in [0.717, 1.165) is 17.9 Å². The van der Waals surface area contributed by atoms with Crippen molar-refractivity contribution in [1.29, 1.82) is 0 Å². The van der Waals surface area contributed by atoms with Gasteiger partial charge in [0.05, 0.1) is 6.54 Å². The number of hydrazine groups is 1. The van der Waals surface area contributed by atoms with Crippen molar-refractivity contribution in [2.75, 3.05) is 32.7 Å². The second kappa shape index (κ2) is 8.66. The lowest BCUT2D eigenvalue weighted by molar-refractivity contribution is -0.140. The first kappa shape index (κ1) is 21.3. The van der Waals surface area contributed by atoms with E-state index in [1.807, 2.05) is 23.1 Å². The van der Waals surface area contributed by atoms with Gasteiger partial charge in [-0.2, -0.15) is 5.01 Å². The Labute approximate surface area is 181 Å². The average Bonchev–Trinajstić information content (AvgIpc) is 3.00. The lowest BCUT2D eigenvalue weighted by Crippen LogP contribution is -2.55. The molecule has 1 spiro atoms. The number of benzene rings is 1. The predicted octanol–water partition coefficient (Wildman–Crippen LogP) is 0.976. The summed E-state index contributed by atoms with van der Waals surface area (Å²) < 4.78 is 0. The van der Waals surface area contributed by atoms with Crippen molar-refractivity contribution in [3.05, 3.63) is 35.9 Å². The Morgan fingerprint density at radius 2 is 1.71 bits per heavy atom. The number of hydrogen-bond donors (Lipinski definition) is 2. The molecular weight excluding hydrogens is 398 g/mol. The first-order valence-electron chi connectivity index (χ1n) is 10.9. The van der Waals surface area contributed by atoms with E-state index in [4.69, 9.17) is 0 Å². The number of urea groups is 1. The molecule has 0 aromatic heterocycles. The van der Waals surface area contributed by atoms with Gasteiger partial charge in [-0.05, 0) is 43.7 Å². The molecule has 9 heteroatoms. The maximum atomic E-state index is 12.8. The van der Waals surface area contributed by atoms with Crippen LogP contribution < -0.4 is 10.7 Å². The summed E-state index contributed by atoms with van der Waals surface area (Å²) in [7, 11) is 0. The molecule has 2 N–H and O–H groups in total. The Kier molecular flexibility index (Phi) is 5.95. The van der Waals surface area contributed by atoms with Gasteiger partial charge in [0.25, 0.3) is 17.7 Å². The summed E-state index contributed by atoms with van der Waals surface area (Å²) in [6.45, 7) is 4.34. The molecule has 0 unspecified atom stereocenters. The van der Waals surface area contributed by atoms with Crippen molar-refractivity contribution < 1.29 is 19.2 Å². The van der Waals surface area contributed by atoms with E-state index in [-0.39, 0.29) is 18.4 Å². The first-order chi connectivity index (χ1) is 14.9. The molecule has 2 aliphatic heterocycles. The lowest BCUT2D eigenvalue weighted by atomic mass is 9.77. The molecule has 2 heterocycles. The smallest absolute Gasteiger partial charge is 0.336 e. The molecule has 31 heavy (non-hydrogen) atoms. The molecule has 3 aliphatic rings. The maximum absolute atomic E-state index is 12.8. The maximum Gasteiger partial charge on any atom is 0.344 e. The van der Waals surface area contributed by atoms with Crippen molar-refractivity contribution >= 4 is 23.8 Å². The van der Waals surface area contributed by atoms with Gasteiger partial charge in [-0.3, -0.25) is 24.7 Å². The van der Waals surface area contributed by atoms with Gasteiger partial charge in [-0.25, -0.2) is 4.79 Å². The van der Waals surface area contributed by atoms with E-state index in [1.54, 1.807) is 17.0 Å². The molecule has 1 aliphatic carbocycles. The zero-order valence-electron chi connectivity index (χ0n) is 17.8. The molecule has 1 aromatic carbocycles. The fraction of sp³-hybridized carbons (Fsp3) is 0.545. The van der Waals surface area contributed by atoms with Crippen LogP contribution >= 0.6 is 0 Å². The third-order valence-electron chi connectivity index (χ3n) is 6.57. The summed E-state index contributed by atoms with van der Waals surface area (Å²) in [6.07, 6.45) is 2.95. The second-order valence-corrected chi connectivity index (χ2v) is 8.80. The summed E-state index contributed by atoms with van der Waals surface area (Å²) in [5, 5.41) is 3.64. The Hall–Kier alpha value is -2.94. The Balaban J connectivity index is 1.27. The molecular formula is C22H29N5O4. The highest BCUT2D eigenvalue weighted by atomic mass is 16.2. The number of nitrogens with zero attached hydrogens (tertiary/aromatic N) is 3. The third-order valence-corrected chi connectivity index (χ3v) is 6.57. The van der Waals surface area contributed by atoms with E-state index in [1.165, 1.54) is 0 Å². The zero-order chi connectivity index (χ0) is 22.0. The normalized spacial score (nSPS) is 26.8. The van der Waals surface area contributed by atoms with Crippen molar-refractivity contribution in [3.63, 3.8) is 0 Å². The fourth-order valence-electron chi connectivity index (χ4n) is 4.55. The number of hydrogen-bond acceptors (Lipinski definition) is 5. The van der Waals surface area contributed by atoms with Crippen LogP contribution in [0, 0.1) is 5.92 Å². The fourth-order valence-corrected chi connectivity index (χ4v) is 4.55. The van der Waals surface area contributed by atoms with Crippen molar-refractivity contribution in [2.24, 2.45) is 5.92 Å². The van der Waals surface area contributed by atoms with Gasteiger partial charge in [0.15, 0.2) is 0 Å². The van der Waals surface area contributed by atoms with Crippen molar-refractivity contribution in [2.45, 2.75) is 38.1 Å². The molecule has 1 saturated carbocycles. The largest absolute Gasteiger partial charge is 0.344 e. The van der Waals surface area contributed by atoms with E-state index in [9.17, 15) is 19.2 Å². The third kappa shape index (κ3) is 4.41. The quantitative estimate of drug-likeness (QED) is 0.698. The predicted molar refractivity (Wildman–Crippen MR) is 113 cm³/mol. The Bertz CT molecular complexity index is 858. The van der Waals surface area contributed by atoms with Crippen LogP contribution in [0.5, 0.6) is 0 Å². The highest BCUT2D eigenvalue weighted by Crippen LogP contribution is 2.35. The minimum atomic E-state index is -0.875. The minimum Gasteiger partial charge on any atom is -0.336 e. The van der Waals surface area contributed by atoms with Crippen LogP contribution in [0.15, 0.2) is 30.3 Å². The SMILES string of the molecule is CC1CCC2(CC1)NC(=O)N(NC(=O)CN1CCN(C(=O)c3ccccc3)CC1)C2=O. The number of imide groups is 1. The van der Waals surface area contributed by atoms with Crippen molar-refractivity contribution in [3.8, 4) is 0 Å². The molecule has 0 radical (unpaired) electrons. The Morgan fingerprint density at radius 3 is 2.35 bits per heavy atom. The Morgan fingerprint density at radius 1 is 1.06 bits per heavy atom. The summed E-state index contributed by atoms with van der Waals surface area (Å²) >= 11 is 0.